The predicted octanol–water partition coefficient (Wildman–Crippen LogP) is 8.21. The van der Waals surface area contributed by atoms with Gasteiger partial charge in [-0.3, -0.25) is 18.6 Å². The number of carbonyl (C=O) groups excluding carboxylic acids is 2. The monoisotopic (exact) mass is 686 g/mol. The summed E-state index contributed by atoms with van der Waals surface area (Å²) in [5.41, 5.74) is 0. The van der Waals surface area contributed by atoms with Crippen LogP contribution in [-0.2, 0) is 32.7 Å². The molecule has 0 aromatic carbocycles. The zero-order chi connectivity index (χ0) is 34.9. The molecule has 272 valence electrons. The minimum absolute atomic E-state index is 0.178. The molecule has 0 aliphatic rings. The lowest BCUT2D eigenvalue weighted by Crippen LogP contribution is -2.29. The van der Waals surface area contributed by atoms with Gasteiger partial charge in [0.05, 0.1) is 19.8 Å². The molecular weight excluding hydrogens is 623 g/mol. The van der Waals surface area contributed by atoms with Gasteiger partial charge in [-0.05, 0) is 32.1 Å². The Morgan fingerprint density at radius 2 is 1.17 bits per heavy atom. The molecule has 47 heavy (non-hydrogen) atoms. The standard InChI is InChI=1S/C36H63O10P/c1-3-5-7-9-11-13-14-15-16-17-18-20-21-23-25-27-35(39)43-31-34(32-45-47(41,42)44-30-33(38)29-37)46-36(40)28-26-24-22-19-12-10-8-6-4-2/h5,7,9,11,13-16,33-34,37-38H,3-4,6,8,10,12,17-32H2,1-2H3,(H,41,42)/b7-5+,11-9+,14-13+,16-15+/t33-,34+/m1/s1. The number of phosphoric ester groups is 1. The number of hydrogen-bond acceptors (Lipinski definition) is 9. The van der Waals surface area contributed by atoms with Crippen molar-refractivity contribution in [1.29, 1.82) is 0 Å². The summed E-state index contributed by atoms with van der Waals surface area (Å²) >= 11 is 0. The third-order valence-electron chi connectivity index (χ3n) is 7.09. The van der Waals surface area contributed by atoms with Gasteiger partial charge in [-0.25, -0.2) is 4.57 Å². The van der Waals surface area contributed by atoms with Gasteiger partial charge in [0.15, 0.2) is 6.10 Å². The van der Waals surface area contributed by atoms with Crippen molar-refractivity contribution in [3.05, 3.63) is 48.6 Å². The summed E-state index contributed by atoms with van der Waals surface area (Å²) < 4.78 is 32.4. The Kier molecular flexibility index (Phi) is 31.0. The molecule has 0 aliphatic carbocycles. The Morgan fingerprint density at radius 1 is 0.660 bits per heavy atom. The second kappa shape index (κ2) is 32.5. The van der Waals surface area contributed by atoms with Crippen LogP contribution in [0.3, 0.4) is 0 Å². The Hall–Kier alpha value is -2.07. The van der Waals surface area contributed by atoms with Gasteiger partial charge >= 0.3 is 19.8 Å². The molecule has 0 bridgehead atoms. The SMILES string of the molecule is CC/C=C/C=C/C=C/C=C/CCCCCCCC(=O)OC[C@@H](COP(=O)(O)OC[C@H](O)CO)OC(=O)CCCCCCCCCCC. The van der Waals surface area contributed by atoms with Gasteiger partial charge in [0.1, 0.15) is 12.7 Å². The van der Waals surface area contributed by atoms with Gasteiger partial charge in [-0.2, -0.15) is 0 Å². The van der Waals surface area contributed by atoms with Crippen molar-refractivity contribution < 1.29 is 47.8 Å². The zero-order valence-electron chi connectivity index (χ0n) is 29.0. The first-order valence-corrected chi connectivity index (χ1v) is 19.1. The predicted molar refractivity (Wildman–Crippen MR) is 187 cm³/mol. The largest absolute Gasteiger partial charge is 0.472 e. The van der Waals surface area contributed by atoms with Gasteiger partial charge in [-0.15, -0.1) is 0 Å². The van der Waals surface area contributed by atoms with Gasteiger partial charge < -0.3 is 24.6 Å². The molecule has 0 rings (SSSR count). The second-order valence-electron chi connectivity index (χ2n) is 11.6. The molecule has 0 spiro atoms. The lowest BCUT2D eigenvalue weighted by molar-refractivity contribution is -0.161. The highest BCUT2D eigenvalue weighted by atomic mass is 31.2. The number of carbonyl (C=O) groups is 2. The summed E-state index contributed by atoms with van der Waals surface area (Å²) in [7, 11) is -4.61. The van der Waals surface area contributed by atoms with Crippen LogP contribution in [0.1, 0.15) is 129 Å². The Balaban J connectivity index is 4.43. The van der Waals surface area contributed by atoms with Crippen molar-refractivity contribution in [2.75, 3.05) is 26.4 Å². The van der Waals surface area contributed by atoms with E-state index in [9.17, 15) is 24.2 Å². The molecule has 10 nitrogen and oxygen atoms in total. The van der Waals surface area contributed by atoms with Crippen molar-refractivity contribution in [3.63, 3.8) is 0 Å². The molecule has 3 N–H and O–H groups in total. The fraction of sp³-hybridized carbons (Fsp3) is 0.722. The van der Waals surface area contributed by atoms with Crippen LogP contribution in [0, 0.1) is 0 Å². The van der Waals surface area contributed by atoms with Gasteiger partial charge in [0, 0.05) is 12.8 Å². The Labute approximate surface area is 283 Å². The number of hydrogen-bond donors (Lipinski definition) is 3. The van der Waals surface area contributed by atoms with E-state index < -0.39 is 51.8 Å². The van der Waals surface area contributed by atoms with Crippen molar-refractivity contribution in [3.8, 4) is 0 Å². The third kappa shape index (κ3) is 32.3. The lowest BCUT2D eigenvalue weighted by atomic mass is 10.1. The molecule has 3 atom stereocenters. The summed E-state index contributed by atoms with van der Waals surface area (Å²) in [5.74, 6) is -0.960. The highest BCUT2D eigenvalue weighted by Crippen LogP contribution is 2.43. The molecule has 11 heteroatoms. The van der Waals surface area contributed by atoms with E-state index in [-0.39, 0.29) is 19.4 Å². The Bertz CT molecular complexity index is 931. The van der Waals surface area contributed by atoms with E-state index in [1.165, 1.54) is 32.1 Å². The molecule has 0 aliphatic heterocycles. The first-order valence-electron chi connectivity index (χ1n) is 17.6. The average molecular weight is 687 g/mol. The van der Waals surface area contributed by atoms with Gasteiger partial charge in [0.2, 0.25) is 0 Å². The van der Waals surface area contributed by atoms with Crippen LogP contribution >= 0.6 is 7.82 Å². The molecule has 0 amide bonds. The molecule has 1 unspecified atom stereocenters. The summed E-state index contributed by atoms with van der Waals surface area (Å²) in [6.07, 6.45) is 30.9. The van der Waals surface area contributed by atoms with Crippen LogP contribution in [0.5, 0.6) is 0 Å². The van der Waals surface area contributed by atoms with E-state index in [2.05, 4.69) is 30.5 Å². The lowest BCUT2D eigenvalue weighted by Gasteiger charge is -2.20. The van der Waals surface area contributed by atoms with E-state index in [1.54, 1.807) is 0 Å². The number of unbranched alkanes of at least 4 members (excludes halogenated alkanes) is 13. The molecule has 0 aromatic heterocycles. The van der Waals surface area contributed by atoms with Crippen LogP contribution in [0.25, 0.3) is 0 Å². The maximum atomic E-state index is 12.5. The molecule has 0 saturated heterocycles. The van der Waals surface area contributed by atoms with Gasteiger partial charge in [0.25, 0.3) is 0 Å². The minimum Gasteiger partial charge on any atom is -0.462 e. The number of esters is 2. The van der Waals surface area contributed by atoms with Crippen LogP contribution in [0.2, 0.25) is 0 Å². The highest BCUT2D eigenvalue weighted by molar-refractivity contribution is 7.47. The van der Waals surface area contributed by atoms with E-state index in [0.29, 0.717) is 12.8 Å². The van der Waals surface area contributed by atoms with E-state index in [4.69, 9.17) is 19.1 Å². The van der Waals surface area contributed by atoms with Crippen LogP contribution < -0.4 is 0 Å². The van der Waals surface area contributed by atoms with Crippen LogP contribution in [0.15, 0.2) is 48.6 Å². The van der Waals surface area contributed by atoms with Crippen molar-refractivity contribution in [2.45, 2.75) is 142 Å². The fourth-order valence-corrected chi connectivity index (χ4v) is 5.14. The quantitative estimate of drug-likeness (QED) is 0.0274. The fourth-order valence-electron chi connectivity index (χ4n) is 4.35. The molecule has 0 saturated carbocycles. The second-order valence-corrected chi connectivity index (χ2v) is 13.1. The third-order valence-corrected chi connectivity index (χ3v) is 8.04. The minimum atomic E-state index is -4.61. The Morgan fingerprint density at radius 3 is 1.77 bits per heavy atom. The number of aliphatic hydroxyl groups is 2. The smallest absolute Gasteiger partial charge is 0.462 e. The van der Waals surface area contributed by atoms with E-state index in [1.807, 2.05) is 36.5 Å². The highest BCUT2D eigenvalue weighted by Gasteiger charge is 2.27. The molecule has 0 aromatic rings. The maximum absolute atomic E-state index is 12.5. The van der Waals surface area contributed by atoms with Crippen LogP contribution in [-0.4, -0.2) is 65.7 Å². The average Bonchev–Trinajstić information content (AvgIpc) is 3.05. The van der Waals surface area contributed by atoms with Crippen molar-refractivity contribution in [2.24, 2.45) is 0 Å². The van der Waals surface area contributed by atoms with Crippen molar-refractivity contribution in [1.82, 2.24) is 0 Å². The molecular formula is C36H63O10P. The summed E-state index contributed by atoms with van der Waals surface area (Å²) in [5, 5.41) is 18.2. The van der Waals surface area contributed by atoms with Crippen molar-refractivity contribution >= 4 is 19.8 Å². The number of aliphatic hydroxyl groups excluding tert-OH is 2. The summed E-state index contributed by atoms with van der Waals surface area (Å²) in [6.45, 7) is 2.15. The topological polar surface area (TPSA) is 149 Å². The van der Waals surface area contributed by atoms with Crippen LogP contribution in [0.4, 0.5) is 0 Å². The molecule has 0 fully saturated rings. The number of phosphoric acid groups is 1. The molecule has 0 heterocycles. The summed E-state index contributed by atoms with van der Waals surface area (Å²) in [4.78, 5) is 34.7. The molecule has 0 radical (unpaired) electrons. The number of ether oxygens (including phenoxy) is 2. The van der Waals surface area contributed by atoms with Gasteiger partial charge in [-0.1, -0.05) is 133 Å². The number of allylic oxidation sites excluding steroid dienone is 8. The van der Waals surface area contributed by atoms with E-state index in [0.717, 1.165) is 57.8 Å². The maximum Gasteiger partial charge on any atom is 0.472 e. The first-order chi connectivity index (χ1) is 22.7. The summed E-state index contributed by atoms with van der Waals surface area (Å²) in [6, 6.07) is 0. The first kappa shape index (κ1) is 44.9. The normalized spacial score (nSPS) is 14.7. The number of rotatable bonds is 32. The van der Waals surface area contributed by atoms with E-state index >= 15 is 0 Å². The zero-order valence-corrected chi connectivity index (χ0v) is 29.9.